The van der Waals surface area contributed by atoms with Gasteiger partial charge in [-0.15, -0.1) is 0 Å². The number of hydrogen-bond acceptors (Lipinski definition) is 11. The van der Waals surface area contributed by atoms with E-state index in [1.807, 2.05) is 19.0 Å². The lowest BCUT2D eigenvalue weighted by Crippen LogP contribution is -2.35. The highest BCUT2D eigenvalue weighted by atomic mass is 16.6. The van der Waals surface area contributed by atoms with Crippen LogP contribution in [0.25, 0.3) is 0 Å². The molecule has 12 heteroatoms. The predicted octanol–water partition coefficient (Wildman–Crippen LogP) is 0.782. The lowest BCUT2D eigenvalue weighted by Gasteiger charge is -2.23. The van der Waals surface area contributed by atoms with E-state index in [0.717, 1.165) is 12.1 Å². The molecular formula is C26H42N2O10. The summed E-state index contributed by atoms with van der Waals surface area (Å²) in [6, 6.07) is 4.88. The number of rotatable bonds is 20. The standard InChI is InChI=1S/C26H42N2O10/c1-19(30)37-21(8-11-29)17-24(26(32)34-5)38-23-7-6-20(18-33-4)16-22(23)25(31)27-9-12-35-14-15-36-13-10-28(2)3/h6-7,16,21,24,29H,8-15,17-18H2,1-5H3,(H,27,31). The first-order chi connectivity index (χ1) is 18.2. The number of esters is 2. The van der Waals surface area contributed by atoms with E-state index in [1.165, 1.54) is 21.1 Å². The van der Waals surface area contributed by atoms with Crippen LogP contribution in [0.1, 0.15) is 35.7 Å². The van der Waals surface area contributed by atoms with Crippen LogP contribution in [0, 0.1) is 0 Å². The van der Waals surface area contributed by atoms with E-state index >= 15 is 0 Å². The molecule has 1 rings (SSSR count). The molecule has 0 aromatic heterocycles. The van der Waals surface area contributed by atoms with Crippen molar-refractivity contribution in [1.82, 2.24) is 10.2 Å². The van der Waals surface area contributed by atoms with Gasteiger partial charge in [0, 0.05) is 46.6 Å². The number of aliphatic hydroxyl groups excluding tert-OH is 1. The van der Waals surface area contributed by atoms with E-state index < -0.39 is 30.1 Å². The Labute approximate surface area is 224 Å². The van der Waals surface area contributed by atoms with Crippen molar-refractivity contribution in [3.8, 4) is 5.75 Å². The van der Waals surface area contributed by atoms with Crippen LogP contribution < -0.4 is 10.1 Å². The zero-order valence-corrected chi connectivity index (χ0v) is 23.0. The summed E-state index contributed by atoms with van der Waals surface area (Å²) in [7, 11) is 6.68. The summed E-state index contributed by atoms with van der Waals surface area (Å²) in [6.45, 7) is 4.07. The van der Waals surface area contributed by atoms with E-state index in [4.69, 9.17) is 28.4 Å². The van der Waals surface area contributed by atoms with Gasteiger partial charge in [0.1, 0.15) is 11.9 Å². The molecule has 0 fully saturated rings. The van der Waals surface area contributed by atoms with Crippen molar-refractivity contribution in [1.29, 1.82) is 0 Å². The predicted molar refractivity (Wildman–Crippen MR) is 138 cm³/mol. The molecule has 2 atom stereocenters. The number of methoxy groups -OCH3 is 2. The first-order valence-corrected chi connectivity index (χ1v) is 12.4. The Morgan fingerprint density at radius 1 is 1.05 bits per heavy atom. The largest absolute Gasteiger partial charge is 0.478 e. The number of nitrogens with zero attached hydrogens (tertiary/aromatic N) is 1. The maximum atomic E-state index is 13.0. The molecule has 216 valence electrons. The molecule has 2 N–H and O–H groups in total. The molecule has 0 aliphatic heterocycles. The van der Waals surface area contributed by atoms with Gasteiger partial charge in [-0.2, -0.15) is 0 Å². The van der Waals surface area contributed by atoms with Crippen LogP contribution in [0.4, 0.5) is 0 Å². The highest BCUT2D eigenvalue weighted by molar-refractivity contribution is 5.97. The van der Waals surface area contributed by atoms with Crippen LogP contribution in [0.15, 0.2) is 18.2 Å². The summed E-state index contributed by atoms with van der Waals surface area (Å²) in [4.78, 5) is 38.9. The van der Waals surface area contributed by atoms with Crippen molar-refractivity contribution < 1.29 is 47.9 Å². The van der Waals surface area contributed by atoms with E-state index in [0.29, 0.717) is 19.8 Å². The van der Waals surface area contributed by atoms with Crippen LogP contribution >= 0.6 is 0 Å². The van der Waals surface area contributed by atoms with Crippen LogP contribution in [-0.4, -0.2) is 114 Å². The number of aliphatic hydroxyl groups is 1. The fourth-order valence-corrected chi connectivity index (χ4v) is 3.33. The van der Waals surface area contributed by atoms with Gasteiger partial charge in [0.05, 0.1) is 45.7 Å². The molecule has 0 heterocycles. The monoisotopic (exact) mass is 542 g/mol. The highest BCUT2D eigenvalue weighted by Gasteiger charge is 2.29. The van der Waals surface area contributed by atoms with Gasteiger partial charge in [0.25, 0.3) is 5.91 Å². The third kappa shape index (κ3) is 13.7. The van der Waals surface area contributed by atoms with Gasteiger partial charge in [-0.25, -0.2) is 4.79 Å². The number of ether oxygens (including phenoxy) is 6. The van der Waals surface area contributed by atoms with E-state index in [1.54, 1.807) is 18.2 Å². The SMILES string of the molecule is COCc1ccc(OC(CC(CCO)OC(C)=O)C(=O)OC)c(C(=O)NCCOCCOCCN(C)C)c1. The van der Waals surface area contributed by atoms with Crippen LogP contribution in [-0.2, 0) is 39.9 Å². The Morgan fingerprint density at radius 3 is 2.37 bits per heavy atom. The number of carbonyl (C=O) groups excluding carboxylic acids is 3. The maximum absolute atomic E-state index is 13.0. The number of carbonyl (C=O) groups is 3. The minimum absolute atomic E-state index is 0.0713. The molecule has 1 aromatic carbocycles. The van der Waals surface area contributed by atoms with Gasteiger partial charge in [-0.05, 0) is 31.8 Å². The Hall–Kier alpha value is -2.77. The number of benzene rings is 1. The summed E-state index contributed by atoms with van der Waals surface area (Å²) >= 11 is 0. The van der Waals surface area contributed by atoms with Gasteiger partial charge in [-0.1, -0.05) is 6.07 Å². The molecule has 38 heavy (non-hydrogen) atoms. The molecule has 0 radical (unpaired) electrons. The minimum Gasteiger partial charge on any atom is -0.478 e. The first-order valence-electron chi connectivity index (χ1n) is 12.4. The topological polar surface area (TPSA) is 142 Å². The molecule has 0 spiro atoms. The first kappa shape index (κ1) is 33.3. The molecule has 0 aliphatic rings. The van der Waals surface area contributed by atoms with E-state index in [2.05, 4.69) is 5.32 Å². The second-order valence-corrected chi connectivity index (χ2v) is 8.66. The molecule has 0 aliphatic carbocycles. The maximum Gasteiger partial charge on any atom is 0.347 e. The summed E-state index contributed by atoms with van der Waals surface area (Å²) in [5, 5.41) is 12.1. The van der Waals surface area contributed by atoms with Crippen molar-refractivity contribution in [3.63, 3.8) is 0 Å². The minimum atomic E-state index is -1.19. The zero-order valence-electron chi connectivity index (χ0n) is 23.0. The van der Waals surface area contributed by atoms with Crippen LogP contribution in [0.3, 0.4) is 0 Å². The van der Waals surface area contributed by atoms with Crippen molar-refractivity contribution in [2.45, 2.75) is 38.6 Å². The van der Waals surface area contributed by atoms with Gasteiger partial charge < -0.3 is 43.7 Å². The Morgan fingerprint density at radius 2 is 1.76 bits per heavy atom. The van der Waals surface area contributed by atoms with Crippen molar-refractivity contribution in [3.05, 3.63) is 29.3 Å². The Kier molecular flexibility index (Phi) is 16.9. The lowest BCUT2D eigenvalue weighted by atomic mass is 10.1. The summed E-state index contributed by atoms with van der Waals surface area (Å²) in [6.07, 6.45) is -1.93. The van der Waals surface area contributed by atoms with Crippen LogP contribution in [0.2, 0.25) is 0 Å². The average molecular weight is 543 g/mol. The van der Waals surface area contributed by atoms with Gasteiger partial charge in [-0.3, -0.25) is 9.59 Å². The molecule has 1 amide bonds. The second kappa shape index (κ2) is 19.3. The third-order valence-corrected chi connectivity index (χ3v) is 5.18. The number of amides is 1. The third-order valence-electron chi connectivity index (χ3n) is 5.18. The fraction of sp³-hybridized carbons (Fsp3) is 0.654. The molecular weight excluding hydrogens is 500 g/mol. The Bertz CT molecular complexity index is 849. The summed E-state index contributed by atoms with van der Waals surface area (Å²) < 4.78 is 32.1. The fourth-order valence-electron chi connectivity index (χ4n) is 3.33. The average Bonchev–Trinajstić information content (AvgIpc) is 2.87. The van der Waals surface area contributed by atoms with Crippen LogP contribution in [0.5, 0.6) is 5.75 Å². The Balaban J connectivity index is 2.86. The molecule has 0 bridgehead atoms. The summed E-state index contributed by atoms with van der Waals surface area (Å²) in [5.41, 5.74) is 0.912. The molecule has 0 saturated heterocycles. The molecule has 0 saturated carbocycles. The van der Waals surface area contributed by atoms with Crippen molar-refractivity contribution in [2.24, 2.45) is 0 Å². The lowest BCUT2D eigenvalue weighted by molar-refractivity contribution is -0.156. The number of likely N-dealkylation sites (N-methyl/N-ethyl adjacent to an activating group) is 1. The van der Waals surface area contributed by atoms with E-state index in [-0.39, 0.29) is 50.5 Å². The molecule has 2 unspecified atom stereocenters. The zero-order chi connectivity index (χ0) is 28.3. The second-order valence-electron chi connectivity index (χ2n) is 8.66. The highest BCUT2D eigenvalue weighted by Crippen LogP contribution is 2.24. The van der Waals surface area contributed by atoms with Gasteiger partial charge >= 0.3 is 11.9 Å². The van der Waals surface area contributed by atoms with Gasteiger partial charge in [0.2, 0.25) is 0 Å². The quantitative estimate of drug-likeness (QED) is 0.178. The van der Waals surface area contributed by atoms with Gasteiger partial charge in [0.15, 0.2) is 6.10 Å². The summed E-state index contributed by atoms with van der Waals surface area (Å²) in [5.74, 6) is -1.56. The van der Waals surface area contributed by atoms with E-state index in [9.17, 15) is 19.5 Å². The molecule has 12 nitrogen and oxygen atoms in total. The van der Waals surface area contributed by atoms with Crippen molar-refractivity contribution in [2.75, 3.05) is 74.4 Å². The normalized spacial score (nSPS) is 12.6. The molecule has 1 aromatic rings. The number of hydrogen-bond donors (Lipinski definition) is 2. The number of nitrogens with one attached hydrogen (secondary N) is 1. The van der Waals surface area contributed by atoms with Crippen molar-refractivity contribution >= 4 is 17.8 Å². The smallest absolute Gasteiger partial charge is 0.347 e.